The topological polar surface area (TPSA) is 130 Å². The number of benzene rings is 1. The third kappa shape index (κ3) is 4.00. The van der Waals surface area contributed by atoms with Crippen molar-refractivity contribution in [2.45, 2.75) is 6.42 Å². The summed E-state index contributed by atoms with van der Waals surface area (Å²) in [6.45, 7) is -0.529. The lowest BCUT2D eigenvalue weighted by Crippen LogP contribution is -2.27. The van der Waals surface area contributed by atoms with E-state index in [4.69, 9.17) is 11.5 Å². The van der Waals surface area contributed by atoms with E-state index in [1.165, 1.54) is 12.1 Å². The van der Waals surface area contributed by atoms with E-state index >= 15 is 0 Å². The zero-order valence-electron chi connectivity index (χ0n) is 9.92. The Morgan fingerprint density at radius 1 is 1.11 bits per heavy atom. The number of anilines is 1. The van der Waals surface area contributed by atoms with Gasteiger partial charge < -0.3 is 16.2 Å². The molecule has 19 heavy (non-hydrogen) atoms. The highest BCUT2D eigenvalue weighted by Crippen LogP contribution is 2.13. The van der Waals surface area contributed by atoms with Crippen molar-refractivity contribution >= 4 is 29.2 Å². The van der Waals surface area contributed by atoms with Gasteiger partial charge in [0.25, 0.3) is 0 Å². The first-order valence-corrected chi connectivity index (χ1v) is 5.31. The second-order valence-corrected chi connectivity index (χ2v) is 3.58. The van der Waals surface area contributed by atoms with Crippen molar-refractivity contribution in [1.29, 1.82) is 0 Å². The molecule has 0 aliphatic carbocycles. The van der Waals surface area contributed by atoms with Gasteiger partial charge in [0, 0.05) is 11.3 Å². The zero-order valence-corrected chi connectivity index (χ0v) is 9.92. The Balaban J connectivity index is 2.67. The molecule has 4 N–H and O–H groups in total. The van der Waals surface area contributed by atoms with Gasteiger partial charge in [-0.05, 0) is 12.1 Å². The van der Waals surface area contributed by atoms with Gasteiger partial charge in [-0.3, -0.25) is 14.4 Å². The molecule has 0 saturated carbocycles. The van der Waals surface area contributed by atoms with Crippen molar-refractivity contribution in [2.24, 2.45) is 5.73 Å². The fourth-order valence-electron chi connectivity index (χ4n) is 1.27. The van der Waals surface area contributed by atoms with Gasteiger partial charge in [0.15, 0.2) is 5.78 Å². The highest BCUT2D eigenvalue weighted by Gasteiger charge is 2.23. The molecule has 0 heterocycles. The van der Waals surface area contributed by atoms with E-state index in [-0.39, 0.29) is 11.3 Å². The van der Waals surface area contributed by atoms with Crippen LogP contribution in [0.3, 0.4) is 0 Å². The molecular weight excluding hydrogens is 252 g/mol. The van der Waals surface area contributed by atoms with E-state index in [2.05, 4.69) is 4.74 Å². The Hall–Kier alpha value is -2.54. The van der Waals surface area contributed by atoms with Crippen LogP contribution in [0.5, 0.6) is 0 Å². The van der Waals surface area contributed by atoms with Crippen molar-refractivity contribution in [3.8, 4) is 0 Å². The summed E-state index contributed by atoms with van der Waals surface area (Å²) >= 11 is 0. The maximum absolute atomic E-state index is 11.7. The van der Waals surface area contributed by atoms with Crippen LogP contribution in [0.4, 0.5) is 5.69 Å². The summed E-state index contributed by atoms with van der Waals surface area (Å²) < 4.78 is 4.09. The first kappa shape index (κ1) is 14.5. The molecule has 0 aliphatic rings. The number of ether oxygens (including phenoxy) is 1. The second kappa shape index (κ2) is 6.41. The lowest BCUT2D eigenvalue weighted by atomic mass is 10.0. The van der Waals surface area contributed by atoms with E-state index < -0.39 is 36.5 Å². The lowest BCUT2D eigenvalue weighted by Gasteiger charge is -2.03. The van der Waals surface area contributed by atoms with Gasteiger partial charge in [-0.25, -0.2) is 4.79 Å². The fraction of sp³-hybridized carbons (Fsp3) is 0.167. The minimum Gasteiger partial charge on any atom is -0.398 e. The van der Waals surface area contributed by atoms with Crippen LogP contribution < -0.4 is 11.5 Å². The van der Waals surface area contributed by atoms with Gasteiger partial charge in [-0.15, -0.1) is 0 Å². The zero-order chi connectivity index (χ0) is 14.4. The van der Waals surface area contributed by atoms with Crippen LogP contribution in [0.25, 0.3) is 0 Å². The third-order valence-corrected chi connectivity index (χ3v) is 2.18. The van der Waals surface area contributed by atoms with E-state index in [0.29, 0.717) is 0 Å². The third-order valence-electron chi connectivity index (χ3n) is 2.18. The smallest absolute Gasteiger partial charge is 0.382 e. The molecule has 1 aromatic carbocycles. The van der Waals surface area contributed by atoms with E-state index in [1.807, 2.05) is 0 Å². The molecule has 7 nitrogen and oxygen atoms in total. The van der Waals surface area contributed by atoms with E-state index in [0.717, 1.165) is 0 Å². The second-order valence-electron chi connectivity index (χ2n) is 3.58. The average Bonchev–Trinajstić information content (AvgIpc) is 2.38. The van der Waals surface area contributed by atoms with Crippen LogP contribution in [-0.2, 0) is 19.1 Å². The molecule has 0 fully saturated rings. The van der Waals surface area contributed by atoms with Crippen LogP contribution in [0.2, 0.25) is 0 Å². The quantitative estimate of drug-likeness (QED) is 0.239. The van der Waals surface area contributed by atoms with Gasteiger partial charge in [-0.1, -0.05) is 12.1 Å². The minimum atomic E-state index is -1.40. The summed E-state index contributed by atoms with van der Waals surface area (Å²) in [5.74, 6) is -4.20. The van der Waals surface area contributed by atoms with Gasteiger partial charge in [0.2, 0.25) is 5.78 Å². The Bertz CT molecular complexity index is 539. The van der Waals surface area contributed by atoms with Crippen LogP contribution >= 0.6 is 0 Å². The van der Waals surface area contributed by atoms with Crippen molar-refractivity contribution in [1.82, 2.24) is 0 Å². The molecule has 0 bridgehead atoms. The van der Waals surface area contributed by atoms with Gasteiger partial charge in [0.05, 0.1) is 13.0 Å². The number of Topliss-reactive ketones (excluding diaryl/α,β-unsaturated/α-hetero) is 2. The van der Waals surface area contributed by atoms with Crippen LogP contribution in [0.15, 0.2) is 24.3 Å². The number of nitrogen functional groups attached to an aromatic ring is 1. The maximum atomic E-state index is 11.7. The summed E-state index contributed by atoms with van der Waals surface area (Å²) in [6, 6.07) is 6.13. The molecule has 0 amide bonds. The molecule has 0 radical (unpaired) electrons. The molecule has 7 heteroatoms. The van der Waals surface area contributed by atoms with Crippen molar-refractivity contribution < 1.29 is 23.9 Å². The largest absolute Gasteiger partial charge is 0.398 e. The summed E-state index contributed by atoms with van der Waals surface area (Å²) in [5, 5.41) is 0. The Labute approximate surface area is 108 Å². The van der Waals surface area contributed by atoms with Gasteiger partial charge >= 0.3 is 11.9 Å². The molecule has 1 rings (SSSR count). The summed E-state index contributed by atoms with van der Waals surface area (Å²) in [7, 11) is 0. The molecule has 0 aliphatic heterocycles. The minimum absolute atomic E-state index is 0.133. The lowest BCUT2D eigenvalue weighted by molar-refractivity contribution is -0.163. The number of esters is 2. The molecule has 1 aromatic rings. The molecule has 100 valence electrons. The van der Waals surface area contributed by atoms with Gasteiger partial charge in [-0.2, -0.15) is 0 Å². The highest BCUT2D eigenvalue weighted by molar-refractivity contribution is 6.39. The first-order valence-electron chi connectivity index (χ1n) is 5.31. The number of hydrogen-bond acceptors (Lipinski definition) is 7. The highest BCUT2D eigenvalue weighted by atomic mass is 16.6. The maximum Gasteiger partial charge on any atom is 0.382 e. The predicted molar refractivity (Wildman–Crippen MR) is 65.0 cm³/mol. The molecule has 0 saturated heterocycles. The summed E-state index contributed by atoms with van der Waals surface area (Å²) in [5.41, 5.74) is 10.8. The fourth-order valence-corrected chi connectivity index (χ4v) is 1.27. The summed E-state index contributed by atoms with van der Waals surface area (Å²) in [4.78, 5) is 44.9. The number of nitrogens with two attached hydrogens (primary N) is 2. The standard InChI is InChI=1S/C12H12N2O5/c13-6-11(17)19-12(18)10(16)5-9(15)7-3-1-2-4-8(7)14/h1-4H,5-6,13-14H2. The molecule has 0 spiro atoms. The summed E-state index contributed by atoms with van der Waals surface area (Å²) in [6.07, 6.45) is -0.717. The Morgan fingerprint density at radius 3 is 2.32 bits per heavy atom. The van der Waals surface area contributed by atoms with E-state index in [1.54, 1.807) is 12.1 Å². The predicted octanol–water partition coefficient (Wildman–Crippen LogP) is -0.561. The Morgan fingerprint density at radius 2 is 1.74 bits per heavy atom. The molecular formula is C12H12N2O5. The number of para-hydroxylation sites is 1. The first-order chi connectivity index (χ1) is 8.95. The normalized spacial score (nSPS) is 9.74. The molecule has 0 unspecified atom stereocenters. The average molecular weight is 264 g/mol. The van der Waals surface area contributed by atoms with Gasteiger partial charge in [0.1, 0.15) is 0 Å². The number of hydrogen-bond donors (Lipinski definition) is 2. The van der Waals surface area contributed by atoms with Crippen molar-refractivity contribution in [3.05, 3.63) is 29.8 Å². The monoisotopic (exact) mass is 264 g/mol. The van der Waals surface area contributed by atoms with Crippen LogP contribution in [0, 0.1) is 0 Å². The molecule has 0 atom stereocenters. The number of rotatable bonds is 5. The number of ketones is 2. The van der Waals surface area contributed by atoms with Crippen LogP contribution in [-0.4, -0.2) is 30.0 Å². The van der Waals surface area contributed by atoms with Crippen molar-refractivity contribution in [3.63, 3.8) is 0 Å². The number of carbonyl (C=O) groups is 4. The SMILES string of the molecule is NCC(=O)OC(=O)C(=O)CC(=O)c1ccccc1N. The number of carbonyl (C=O) groups excluding carboxylic acids is 4. The van der Waals surface area contributed by atoms with Crippen molar-refractivity contribution in [2.75, 3.05) is 12.3 Å². The molecule has 0 aromatic heterocycles. The Kier molecular flexibility index (Phi) is 4.90. The van der Waals surface area contributed by atoms with E-state index in [9.17, 15) is 19.2 Å². The van der Waals surface area contributed by atoms with Crippen LogP contribution in [0.1, 0.15) is 16.8 Å².